The van der Waals surface area contributed by atoms with Crippen molar-refractivity contribution in [3.8, 4) is 23.1 Å². The molecule has 292 valence electrons. The number of rotatable bonds is 13. The van der Waals surface area contributed by atoms with Gasteiger partial charge in [-0.3, -0.25) is 14.1 Å². The van der Waals surface area contributed by atoms with E-state index >= 15 is 4.39 Å². The summed E-state index contributed by atoms with van der Waals surface area (Å²) in [6.07, 6.45) is 3.81. The number of carbonyl (C=O) groups is 3. The third-order valence-electron chi connectivity index (χ3n) is 8.80. The molecule has 3 heterocycles. The molecule has 55 heavy (non-hydrogen) atoms. The summed E-state index contributed by atoms with van der Waals surface area (Å²) in [7, 11) is 3.27. The predicted molar refractivity (Wildman–Crippen MR) is 197 cm³/mol. The topological polar surface area (TPSA) is 169 Å². The normalized spacial score (nSPS) is 17.0. The number of hydrogen-bond acceptors (Lipinski definition) is 11. The number of quaternary nitrogens is 1. The minimum atomic E-state index is -1.23. The van der Waals surface area contributed by atoms with Gasteiger partial charge in [-0.2, -0.15) is 9.65 Å². The van der Waals surface area contributed by atoms with E-state index in [0.717, 1.165) is 0 Å². The number of nitrogens with one attached hydrogen (secondary N) is 2. The van der Waals surface area contributed by atoms with Gasteiger partial charge < -0.3 is 34.1 Å². The van der Waals surface area contributed by atoms with Crippen molar-refractivity contribution in [3.63, 3.8) is 0 Å². The van der Waals surface area contributed by atoms with Crippen LogP contribution in [0, 0.1) is 23.0 Å². The minimum absolute atomic E-state index is 0.0742. The van der Waals surface area contributed by atoms with E-state index in [1.807, 2.05) is 7.05 Å². The third kappa shape index (κ3) is 9.76. The Morgan fingerprint density at radius 2 is 1.91 bits per heavy atom. The fourth-order valence-electron chi connectivity index (χ4n) is 5.98. The Balaban J connectivity index is 1.13. The number of imidazole rings is 1. The molecule has 0 spiro atoms. The molecule has 2 N–H and O–H groups in total. The second kappa shape index (κ2) is 17.3. The zero-order chi connectivity index (χ0) is 39.9. The van der Waals surface area contributed by atoms with Crippen LogP contribution in [0.2, 0.25) is 5.02 Å². The minimum Gasteiger partial charge on any atom is -0.476 e. The van der Waals surface area contributed by atoms with E-state index in [1.165, 1.54) is 40.9 Å². The summed E-state index contributed by atoms with van der Waals surface area (Å²) < 4.78 is 52.9. The predicted octanol–water partition coefficient (Wildman–Crippen LogP) is 4.96. The van der Waals surface area contributed by atoms with E-state index < -0.39 is 47.9 Å². The Hall–Kier alpha value is -5.57. The summed E-state index contributed by atoms with van der Waals surface area (Å²) in [5.74, 6) is -3.39. The first-order valence-electron chi connectivity index (χ1n) is 17.3. The number of nitriles is 1. The van der Waals surface area contributed by atoms with Crippen molar-refractivity contribution in [2.24, 2.45) is 0 Å². The molecule has 0 aliphatic carbocycles. The molecule has 18 heteroatoms. The monoisotopic (exact) mass is 783 g/mol. The smallest absolute Gasteiger partial charge is 0.411 e. The molecule has 1 fully saturated rings. The molecule has 2 unspecified atom stereocenters. The van der Waals surface area contributed by atoms with E-state index in [1.54, 1.807) is 51.2 Å². The SMILES string of the molecule is COC(=O)C1C[N+](C)(CCOCCNC(=O)c2ccc(Nc3nccn4c(-c5ccc(OCC#N)c(F)c5F)cnc34)cc2Cl)CCN1C(=O)OC(C)(C)C. The van der Waals surface area contributed by atoms with Gasteiger partial charge in [-0.25, -0.2) is 23.9 Å². The van der Waals surface area contributed by atoms with Crippen molar-refractivity contribution in [2.75, 3.05) is 72.0 Å². The Morgan fingerprint density at radius 3 is 2.62 bits per heavy atom. The number of anilines is 2. The molecule has 1 aliphatic heterocycles. The van der Waals surface area contributed by atoms with Crippen LogP contribution >= 0.6 is 11.6 Å². The molecule has 15 nitrogen and oxygen atoms in total. The van der Waals surface area contributed by atoms with Crippen LogP contribution in [0.15, 0.2) is 48.9 Å². The molecular formula is C37H42ClF2N8O7+. The number of nitrogens with zero attached hydrogens (tertiary/aromatic N) is 6. The lowest BCUT2D eigenvalue weighted by Crippen LogP contribution is -2.66. The number of fused-ring (bicyclic) bond motifs is 1. The molecule has 5 rings (SSSR count). The number of aromatic nitrogens is 3. The third-order valence-corrected chi connectivity index (χ3v) is 9.11. The van der Waals surface area contributed by atoms with Crippen molar-refractivity contribution in [1.82, 2.24) is 24.6 Å². The number of benzene rings is 2. The molecule has 2 aromatic carbocycles. The van der Waals surface area contributed by atoms with E-state index in [-0.39, 0.29) is 46.6 Å². The number of ether oxygens (including phenoxy) is 4. The van der Waals surface area contributed by atoms with Crippen LogP contribution in [0.25, 0.3) is 16.9 Å². The van der Waals surface area contributed by atoms with Crippen molar-refractivity contribution in [1.29, 1.82) is 5.26 Å². The van der Waals surface area contributed by atoms with Crippen LogP contribution in [-0.2, 0) is 19.0 Å². The summed E-state index contributed by atoms with van der Waals surface area (Å²) >= 11 is 6.49. The number of likely N-dealkylation sites (N-methyl/N-ethyl adjacent to an activating group) is 1. The van der Waals surface area contributed by atoms with Gasteiger partial charge in [0.1, 0.15) is 24.8 Å². The highest BCUT2D eigenvalue weighted by Crippen LogP contribution is 2.32. The highest BCUT2D eigenvalue weighted by Gasteiger charge is 2.44. The van der Waals surface area contributed by atoms with Crippen LogP contribution < -0.4 is 15.4 Å². The maximum atomic E-state index is 15.0. The molecule has 0 saturated carbocycles. The van der Waals surface area contributed by atoms with Gasteiger partial charge in [0, 0.05) is 30.2 Å². The maximum Gasteiger partial charge on any atom is 0.411 e. The molecule has 2 amide bonds. The lowest BCUT2D eigenvalue weighted by atomic mass is 10.1. The van der Waals surface area contributed by atoms with Crippen LogP contribution in [-0.4, -0.2) is 120 Å². The van der Waals surface area contributed by atoms with Crippen LogP contribution in [0.1, 0.15) is 31.1 Å². The van der Waals surface area contributed by atoms with E-state index in [2.05, 4.69) is 20.6 Å². The Labute approximate surface area is 321 Å². The number of methoxy groups -OCH3 is 1. The largest absolute Gasteiger partial charge is 0.476 e. The molecule has 2 atom stereocenters. The van der Waals surface area contributed by atoms with Gasteiger partial charge in [0.15, 0.2) is 35.7 Å². The van der Waals surface area contributed by atoms with Crippen molar-refractivity contribution >= 4 is 46.7 Å². The van der Waals surface area contributed by atoms with Crippen molar-refractivity contribution in [3.05, 3.63) is 71.1 Å². The molecule has 4 aromatic rings. The molecule has 1 saturated heterocycles. The summed E-state index contributed by atoms with van der Waals surface area (Å²) in [5, 5.41) is 14.7. The van der Waals surface area contributed by atoms with Crippen LogP contribution in [0.5, 0.6) is 5.75 Å². The highest BCUT2D eigenvalue weighted by atomic mass is 35.5. The molecular weight excluding hydrogens is 742 g/mol. The van der Waals surface area contributed by atoms with Crippen molar-refractivity contribution in [2.45, 2.75) is 32.4 Å². The maximum absolute atomic E-state index is 15.0. The number of esters is 1. The Kier molecular flexibility index (Phi) is 12.8. The first-order valence-corrected chi connectivity index (χ1v) is 17.7. The van der Waals surface area contributed by atoms with Gasteiger partial charge in [-0.15, -0.1) is 0 Å². The van der Waals surface area contributed by atoms with Crippen molar-refractivity contribution < 1.29 is 46.6 Å². The molecule has 2 aromatic heterocycles. The van der Waals surface area contributed by atoms with Gasteiger partial charge in [-0.1, -0.05) is 11.6 Å². The summed E-state index contributed by atoms with van der Waals surface area (Å²) in [4.78, 5) is 48.4. The summed E-state index contributed by atoms with van der Waals surface area (Å²) in [6.45, 7) is 7.46. The zero-order valence-electron chi connectivity index (χ0n) is 31.0. The Bertz CT molecular complexity index is 2100. The number of amides is 2. The number of piperazine rings is 1. The number of hydrogen-bond donors (Lipinski definition) is 2. The average molecular weight is 784 g/mol. The van der Waals surface area contributed by atoms with Gasteiger partial charge in [0.25, 0.3) is 5.91 Å². The fourth-order valence-corrected chi connectivity index (χ4v) is 6.25. The number of halogens is 3. The average Bonchev–Trinajstić information content (AvgIpc) is 3.57. The number of carbonyl (C=O) groups excluding carboxylic acids is 3. The lowest BCUT2D eigenvalue weighted by molar-refractivity contribution is -0.915. The van der Waals surface area contributed by atoms with E-state index in [9.17, 15) is 18.8 Å². The molecule has 0 bridgehead atoms. The van der Waals surface area contributed by atoms with Crippen LogP contribution in [0.4, 0.5) is 25.1 Å². The fraction of sp³-hybridized carbons (Fsp3) is 0.405. The van der Waals surface area contributed by atoms with E-state index in [4.69, 9.17) is 35.8 Å². The molecule has 0 radical (unpaired) electrons. The second-order valence-electron chi connectivity index (χ2n) is 13.9. The van der Waals surface area contributed by atoms with E-state index in [0.29, 0.717) is 48.6 Å². The van der Waals surface area contributed by atoms with Gasteiger partial charge in [-0.05, 0) is 51.1 Å². The van der Waals surface area contributed by atoms with Gasteiger partial charge in [0.05, 0.1) is 62.9 Å². The Morgan fingerprint density at radius 1 is 1.13 bits per heavy atom. The van der Waals surface area contributed by atoms with Gasteiger partial charge in [0.2, 0.25) is 5.82 Å². The summed E-state index contributed by atoms with van der Waals surface area (Å²) in [6, 6.07) is 8.22. The molecule has 1 aliphatic rings. The first-order chi connectivity index (χ1) is 26.1. The second-order valence-corrected chi connectivity index (χ2v) is 14.4. The first kappa shape index (κ1) is 40.6. The summed E-state index contributed by atoms with van der Waals surface area (Å²) in [5.41, 5.74) is 0.502. The quantitative estimate of drug-likeness (QED) is 0.107. The lowest BCUT2D eigenvalue weighted by Gasteiger charge is -2.45. The highest BCUT2D eigenvalue weighted by molar-refractivity contribution is 6.34. The zero-order valence-corrected chi connectivity index (χ0v) is 31.8. The van der Waals surface area contributed by atoms with Crippen LogP contribution in [0.3, 0.4) is 0 Å². The standard InChI is InChI=1S/C37H41ClF2N8O7/c1-37(2,3)55-36(51)47-14-15-48(4,22-28(47)35(50)52-5)16-19-53-18-12-43-34(49)24-7-6-23(20-26(24)38)45-32-33-44-21-27(46(33)13-11-42-32)25-8-9-29(54-17-10-41)31(40)30(25)39/h6-9,11,13,20-21,28H,12,14-19,22H2,1-5H3,(H-,42,43,45,49)/p+1. The van der Waals surface area contributed by atoms with Gasteiger partial charge >= 0.3 is 12.1 Å².